The Morgan fingerprint density at radius 3 is 2.71 bits per heavy atom. The number of carbonyl (C=O) groups excluding carboxylic acids is 3. The van der Waals surface area contributed by atoms with E-state index in [2.05, 4.69) is 0 Å². The fraction of sp³-hybridized carbons (Fsp3) is 0.500. The van der Waals surface area contributed by atoms with Gasteiger partial charge in [0.25, 0.3) is 5.91 Å². The second-order valence-corrected chi connectivity index (χ2v) is 7.33. The van der Waals surface area contributed by atoms with E-state index in [9.17, 15) is 14.4 Å². The van der Waals surface area contributed by atoms with E-state index in [1.54, 1.807) is 20.8 Å². The van der Waals surface area contributed by atoms with Crippen LogP contribution in [0.3, 0.4) is 0 Å². The van der Waals surface area contributed by atoms with Crippen molar-refractivity contribution in [3.8, 4) is 0 Å². The maximum absolute atomic E-state index is 12.9. The molecule has 0 aromatic heterocycles. The highest BCUT2D eigenvalue weighted by Gasteiger charge is 2.58. The van der Waals surface area contributed by atoms with Crippen LogP contribution in [-0.2, 0) is 31.1 Å². The van der Waals surface area contributed by atoms with Crippen LogP contribution < -0.4 is 0 Å². The van der Waals surface area contributed by atoms with Crippen LogP contribution in [0.25, 0.3) is 0 Å². The summed E-state index contributed by atoms with van der Waals surface area (Å²) < 4.78 is 10.7. The molecule has 1 spiro atoms. The molecule has 6 heteroatoms. The zero-order valence-corrected chi connectivity index (χ0v) is 14.3. The van der Waals surface area contributed by atoms with Crippen molar-refractivity contribution >= 4 is 18.0 Å². The lowest BCUT2D eigenvalue weighted by Gasteiger charge is -2.22. The average Bonchev–Trinajstić information content (AvgIpc) is 2.91. The molecule has 1 heterocycles. The lowest BCUT2D eigenvalue weighted by atomic mass is 9.94. The highest BCUT2D eigenvalue weighted by atomic mass is 16.6. The Bertz CT molecular complexity index is 733. The third-order valence-corrected chi connectivity index (χ3v) is 4.22. The lowest BCUT2D eigenvalue weighted by molar-refractivity contribution is -0.157. The molecule has 1 fully saturated rings. The molecule has 24 heavy (non-hydrogen) atoms. The number of esters is 1. The Balaban J connectivity index is 1.85. The number of imide groups is 1. The van der Waals surface area contributed by atoms with Crippen molar-refractivity contribution < 1.29 is 23.9 Å². The minimum atomic E-state index is -1.29. The molecule has 1 aliphatic heterocycles. The number of hydrogen-bond acceptors (Lipinski definition) is 5. The highest BCUT2D eigenvalue weighted by molar-refractivity contribution is 6.05. The maximum Gasteiger partial charge on any atom is 0.418 e. The molecule has 1 atom stereocenters. The summed E-state index contributed by atoms with van der Waals surface area (Å²) in [5, 5.41) is 0. The van der Waals surface area contributed by atoms with Crippen LogP contribution in [-0.4, -0.2) is 35.0 Å². The topological polar surface area (TPSA) is 72.9 Å². The first-order valence-electron chi connectivity index (χ1n) is 7.99. The highest BCUT2D eigenvalue weighted by Crippen LogP contribution is 2.45. The number of aryl methyl sites for hydroxylation is 2. The molecule has 1 aromatic carbocycles. The van der Waals surface area contributed by atoms with E-state index in [1.165, 1.54) is 0 Å². The number of rotatable bonds is 2. The molecule has 0 N–H and O–H groups in total. The van der Waals surface area contributed by atoms with Crippen molar-refractivity contribution in [3.05, 3.63) is 34.9 Å². The Morgan fingerprint density at radius 2 is 2.04 bits per heavy atom. The van der Waals surface area contributed by atoms with Crippen LogP contribution in [0.2, 0.25) is 0 Å². The molecular formula is C18H21NO5. The number of benzene rings is 1. The van der Waals surface area contributed by atoms with Gasteiger partial charge in [0.1, 0.15) is 12.1 Å². The maximum atomic E-state index is 12.9. The molecule has 2 amide bonds. The Labute approximate surface area is 140 Å². The molecule has 6 nitrogen and oxygen atoms in total. The first kappa shape index (κ1) is 16.5. The molecule has 1 aliphatic carbocycles. The Hall–Kier alpha value is -2.37. The van der Waals surface area contributed by atoms with Gasteiger partial charge in [-0.15, -0.1) is 0 Å². The standard InChI is InChI=1S/C18H21NO5/c1-11-5-6-13-12(9-11)7-8-18(13)15(21)19(16(22)24-18)10-14(20)23-17(2,3)4/h5-6,9H,7-8,10H2,1-4H3. The molecule has 1 unspecified atom stereocenters. The molecule has 2 aliphatic rings. The van der Waals surface area contributed by atoms with Crippen LogP contribution in [0.5, 0.6) is 0 Å². The van der Waals surface area contributed by atoms with E-state index in [4.69, 9.17) is 9.47 Å². The SMILES string of the molecule is Cc1ccc2c(c1)CCC21OC(=O)N(CC(=O)OC(C)(C)C)C1=O. The third-order valence-electron chi connectivity index (χ3n) is 4.22. The van der Waals surface area contributed by atoms with E-state index < -0.39 is 35.7 Å². The summed E-state index contributed by atoms with van der Waals surface area (Å²) in [6, 6.07) is 5.73. The van der Waals surface area contributed by atoms with Crippen molar-refractivity contribution in [1.82, 2.24) is 4.90 Å². The normalized spacial score (nSPS) is 22.8. The largest absolute Gasteiger partial charge is 0.459 e. The molecule has 0 saturated carbocycles. The fourth-order valence-electron chi connectivity index (χ4n) is 3.28. The zero-order chi connectivity index (χ0) is 17.7. The average molecular weight is 331 g/mol. The first-order chi connectivity index (χ1) is 11.1. The summed E-state index contributed by atoms with van der Waals surface area (Å²) in [4.78, 5) is 37.9. The van der Waals surface area contributed by atoms with E-state index in [0.29, 0.717) is 12.8 Å². The predicted molar refractivity (Wildman–Crippen MR) is 85.2 cm³/mol. The van der Waals surface area contributed by atoms with Gasteiger partial charge < -0.3 is 9.47 Å². The van der Waals surface area contributed by atoms with Crippen molar-refractivity contribution in [1.29, 1.82) is 0 Å². The van der Waals surface area contributed by atoms with Gasteiger partial charge in [0.05, 0.1) is 0 Å². The number of ether oxygens (including phenoxy) is 2. The van der Waals surface area contributed by atoms with E-state index in [-0.39, 0.29) is 0 Å². The van der Waals surface area contributed by atoms with Gasteiger partial charge in [-0.25, -0.2) is 9.69 Å². The van der Waals surface area contributed by atoms with Crippen LogP contribution in [0.15, 0.2) is 18.2 Å². The summed E-state index contributed by atoms with van der Waals surface area (Å²) in [7, 11) is 0. The lowest BCUT2D eigenvalue weighted by Crippen LogP contribution is -2.41. The second kappa shape index (κ2) is 5.33. The van der Waals surface area contributed by atoms with Gasteiger partial charge in [-0.05, 0) is 39.7 Å². The molecule has 1 aromatic rings. The van der Waals surface area contributed by atoms with Gasteiger partial charge in [0.2, 0.25) is 5.60 Å². The summed E-state index contributed by atoms with van der Waals surface area (Å²) >= 11 is 0. The molecule has 3 rings (SSSR count). The minimum Gasteiger partial charge on any atom is -0.459 e. The van der Waals surface area contributed by atoms with Crippen LogP contribution >= 0.6 is 0 Å². The van der Waals surface area contributed by atoms with Crippen molar-refractivity contribution in [2.24, 2.45) is 0 Å². The Morgan fingerprint density at radius 1 is 1.33 bits per heavy atom. The van der Waals surface area contributed by atoms with Gasteiger partial charge in [0, 0.05) is 12.0 Å². The Kier molecular flexibility index (Phi) is 3.66. The first-order valence-corrected chi connectivity index (χ1v) is 7.99. The number of carbonyl (C=O) groups is 3. The smallest absolute Gasteiger partial charge is 0.418 e. The molecule has 128 valence electrons. The molecule has 1 saturated heterocycles. The monoisotopic (exact) mass is 331 g/mol. The van der Waals surface area contributed by atoms with Crippen LogP contribution in [0.1, 0.15) is 43.9 Å². The summed E-state index contributed by atoms with van der Waals surface area (Å²) in [6.07, 6.45) is 0.275. The van der Waals surface area contributed by atoms with Crippen LogP contribution in [0, 0.1) is 6.92 Å². The molecule has 0 bridgehead atoms. The van der Waals surface area contributed by atoms with Gasteiger partial charge in [0.15, 0.2) is 0 Å². The van der Waals surface area contributed by atoms with E-state index in [1.807, 2.05) is 25.1 Å². The van der Waals surface area contributed by atoms with Gasteiger partial charge in [-0.1, -0.05) is 23.8 Å². The summed E-state index contributed by atoms with van der Waals surface area (Å²) in [5.74, 6) is -1.12. The van der Waals surface area contributed by atoms with Gasteiger partial charge in [-0.2, -0.15) is 0 Å². The summed E-state index contributed by atoms with van der Waals surface area (Å²) in [5.41, 5.74) is 0.850. The van der Waals surface area contributed by atoms with Crippen molar-refractivity contribution in [3.63, 3.8) is 0 Å². The summed E-state index contributed by atoms with van der Waals surface area (Å²) in [6.45, 7) is 6.73. The van der Waals surface area contributed by atoms with E-state index >= 15 is 0 Å². The second-order valence-electron chi connectivity index (χ2n) is 7.33. The van der Waals surface area contributed by atoms with Crippen molar-refractivity contribution in [2.75, 3.05) is 6.54 Å². The van der Waals surface area contributed by atoms with Gasteiger partial charge in [-0.3, -0.25) is 9.59 Å². The quantitative estimate of drug-likeness (QED) is 0.778. The predicted octanol–water partition coefficient (Wildman–Crippen LogP) is 2.46. The number of fused-ring (bicyclic) bond motifs is 2. The van der Waals surface area contributed by atoms with E-state index in [0.717, 1.165) is 21.6 Å². The number of amides is 2. The zero-order valence-electron chi connectivity index (χ0n) is 14.3. The molecule has 0 radical (unpaired) electrons. The van der Waals surface area contributed by atoms with Gasteiger partial charge >= 0.3 is 12.1 Å². The van der Waals surface area contributed by atoms with Crippen LogP contribution in [0.4, 0.5) is 4.79 Å². The number of nitrogens with zero attached hydrogens (tertiary/aromatic N) is 1. The number of hydrogen-bond donors (Lipinski definition) is 0. The van der Waals surface area contributed by atoms with Crippen molar-refractivity contribution in [2.45, 2.75) is 51.7 Å². The minimum absolute atomic E-state index is 0.404. The molecular weight excluding hydrogens is 310 g/mol. The fourth-order valence-corrected chi connectivity index (χ4v) is 3.28. The third kappa shape index (κ3) is 2.66.